The van der Waals surface area contributed by atoms with Gasteiger partial charge < -0.3 is 0 Å². The molecule has 0 unspecified atom stereocenters. The Balaban J connectivity index is 2.09. The van der Waals surface area contributed by atoms with Gasteiger partial charge in [0.2, 0.25) is 0 Å². The zero-order valence-corrected chi connectivity index (χ0v) is 11.7. The molecule has 2 rings (SSSR count). The van der Waals surface area contributed by atoms with Gasteiger partial charge >= 0.3 is 0 Å². The molecule has 0 atom stereocenters. The third kappa shape index (κ3) is 2.87. The van der Waals surface area contributed by atoms with E-state index >= 15 is 0 Å². The highest BCUT2D eigenvalue weighted by Crippen LogP contribution is 2.46. The Morgan fingerprint density at radius 1 is 1.35 bits per heavy atom. The van der Waals surface area contributed by atoms with Crippen LogP contribution in [0.4, 0.5) is 0 Å². The van der Waals surface area contributed by atoms with Crippen LogP contribution in [0.5, 0.6) is 0 Å². The fourth-order valence-corrected chi connectivity index (χ4v) is 3.49. The summed E-state index contributed by atoms with van der Waals surface area (Å²) in [6, 6.07) is 2.59. The molecule has 0 aliphatic heterocycles. The van der Waals surface area contributed by atoms with Gasteiger partial charge in [0.05, 0.1) is 16.5 Å². The molecule has 0 spiro atoms. The standard InChI is InChI=1S/C14H20N2S/c1-11-16-9-12(17-11)8-14(10-15)6-4-13(2,3)5-7-14/h9H,4-8H2,1-3H3. The van der Waals surface area contributed by atoms with Crippen molar-refractivity contribution in [1.29, 1.82) is 5.26 Å². The average molecular weight is 248 g/mol. The Morgan fingerprint density at radius 3 is 2.47 bits per heavy atom. The van der Waals surface area contributed by atoms with Crippen LogP contribution in [0, 0.1) is 29.1 Å². The van der Waals surface area contributed by atoms with E-state index in [1.54, 1.807) is 11.3 Å². The third-order valence-corrected chi connectivity index (χ3v) is 4.89. The summed E-state index contributed by atoms with van der Waals surface area (Å²) < 4.78 is 0. The van der Waals surface area contributed by atoms with Crippen LogP contribution in [0.3, 0.4) is 0 Å². The van der Waals surface area contributed by atoms with Gasteiger partial charge in [-0.25, -0.2) is 4.98 Å². The molecule has 0 radical (unpaired) electrons. The number of nitrogens with zero attached hydrogens (tertiary/aromatic N) is 2. The Morgan fingerprint density at radius 2 is 2.00 bits per heavy atom. The van der Waals surface area contributed by atoms with Gasteiger partial charge in [0, 0.05) is 17.5 Å². The summed E-state index contributed by atoms with van der Waals surface area (Å²) in [5.74, 6) is 0. The van der Waals surface area contributed by atoms with E-state index in [-0.39, 0.29) is 5.41 Å². The third-order valence-electron chi connectivity index (χ3n) is 3.98. The lowest BCUT2D eigenvalue weighted by atomic mass is 9.64. The minimum Gasteiger partial charge on any atom is -0.250 e. The SMILES string of the molecule is Cc1ncc(CC2(C#N)CCC(C)(C)CC2)s1. The monoisotopic (exact) mass is 248 g/mol. The molecule has 0 amide bonds. The number of aryl methyl sites for hydroxylation is 1. The summed E-state index contributed by atoms with van der Waals surface area (Å²) in [5.41, 5.74) is 0.290. The van der Waals surface area contributed by atoms with Crippen molar-refractivity contribution in [2.24, 2.45) is 10.8 Å². The van der Waals surface area contributed by atoms with Gasteiger partial charge in [-0.1, -0.05) is 13.8 Å². The molecule has 1 aliphatic carbocycles. The number of hydrogen-bond acceptors (Lipinski definition) is 3. The van der Waals surface area contributed by atoms with Crippen molar-refractivity contribution in [3.05, 3.63) is 16.1 Å². The van der Waals surface area contributed by atoms with E-state index in [9.17, 15) is 5.26 Å². The van der Waals surface area contributed by atoms with Gasteiger partial charge in [-0.05, 0) is 38.0 Å². The van der Waals surface area contributed by atoms with Crippen molar-refractivity contribution in [3.63, 3.8) is 0 Å². The van der Waals surface area contributed by atoms with E-state index < -0.39 is 0 Å². The topological polar surface area (TPSA) is 36.7 Å². The van der Waals surface area contributed by atoms with E-state index in [0.29, 0.717) is 5.41 Å². The Bertz CT molecular complexity index is 429. The summed E-state index contributed by atoms with van der Waals surface area (Å²) in [6.45, 7) is 6.65. The molecule has 1 saturated carbocycles. The van der Waals surface area contributed by atoms with Gasteiger partial charge in [0.25, 0.3) is 0 Å². The summed E-state index contributed by atoms with van der Waals surface area (Å²) in [7, 11) is 0. The zero-order valence-electron chi connectivity index (χ0n) is 10.9. The second-order valence-corrected chi connectivity index (χ2v) is 7.40. The molecule has 0 aromatic carbocycles. The lowest BCUT2D eigenvalue weighted by Crippen LogP contribution is -2.31. The molecule has 0 bridgehead atoms. The predicted octanol–water partition coefficient (Wildman–Crippen LogP) is 4.10. The maximum absolute atomic E-state index is 9.51. The van der Waals surface area contributed by atoms with Crippen molar-refractivity contribution in [3.8, 4) is 6.07 Å². The molecule has 1 aliphatic rings. The van der Waals surface area contributed by atoms with Crippen LogP contribution in [0.1, 0.15) is 49.4 Å². The summed E-state index contributed by atoms with van der Waals surface area (Å²) in [6.07, 6.45) is 7.24. The predicted molar refractivity (Wildman–Crippen MR) is 70.9 cm³/mol. The molecular formula is C14H20N2S. The van der Waals surface area contributed by atoms with Crippen molar-refractivity contribution in [2.45, 2.75) is 52.9 Å². The number of thiazole rings is 1. The van der Waals surface area contributed by atoms with Crippen LogP contribution in [0.2, 0.25) is 0 Å². The fraction of sp³-hybridized carbons (Fsp3) is 0.714. The van der Waals surface area contributed by atoms with Crippen molar-refractivity contribution >= 4 is 11.3 Å². The van der Waals surface area contributed by atoms with E-state index in [4.69, 9.17) is 0 Å². The Kier molecular flexibility index (Phi) is 3.27. The minimum absolute atomic E-state index is 0.130. The number of aromatic nitrogens is 1. The van der Waals surface area contributed by atoms with Crippen LogP contribution in [0.25, 0.3) is 0 Å². The molecule has 17 heavy (non-hydrogen) atoms. The molecule has 1 aromatic heterocycles. The molecule has 0 N–H and O–H groups in total. The highest BCUT2D eigenvalue weighted by molar-refractivity contribution is 7.11. The lowest BCUT2D eigenvalue weighted by Gasteiger charge is -2.39. The Labute approximate surface area is 108 Å². The van der Waals surface area contributed by atoms with Gasteiger partial charge in [0.1, 0.15) is 0 Å². The van der Waals surface area contributed by atoms with Crippen LogP contribution in [-0.2, 0) is 6.42 Å². The number of nitriles is 1. The van der Waals surface area contributed by atoms with E-state index in [1.807, 2.05) is 13.1 Å². The maximum atomic E-state index is 9.51. The van der Waals surface area contributed by atoms with Crippen molar-refractivity contribution < 1.29 is 0 Å². The average Bonchev–Trinajstić information content (AvgIpc) is 2.68. The van der Waals surface area contributed by atoms with Crippen molar-refractivity contribution in [2.75, 3.05) is 0 Å². The second kappa shape index (κ2) is 4.42. The summed E-state index contributed by atoms with van der Waals surface area (Å²) in [5, 5.41) is 10.6. The lowest BCUT2D eigenvalue weighted by molar-refractivity contribution is 0.146. The maximum Gasteiger partial charge on any atom is 0.0896 e. The van der Waals surface area contributed by atoms with Crippen LogP contribution in [-0.4, -0.2) is 4.98 Å². The zero-order chi connectivity index (χ0) is 12.5. The van der Waals surface area contributed by atoms with E-state index in [0.717, 1.165) is 24.3 Å². The molecule has 1 aromatic rings. The molecule has 1 fully saturated rings. The van der Waals surface area contributed by atoms with Crippen molar-refractivity contribution in [1.82, 2.24) is 4.98 Å². The van der Waals surface area contributed by atoms with Crippen LogP contribution >= 0.6 is 11.3 Å². The van der Waals surface area contributed by atoms with Gasteiger partial charge in [0.15, 0.2) is 0 Å². The smallest absolute Gasteiger partial charge is 0.0896 e. The fourth-order valence-electron chi connectivity index (χ4n) is 2.55. The first-order valence-corrected chi connectivity index (χ1v) is 7.09. The second-order valence-electron chi connectivity index (χ2n) is 6.08. The van der Waals surface area contributed by atoms with Gasteiger partial charge in [-0.15, -0.1) is 11.3 Å². The minimum atomic E-state index is -0.130. The Hall–Kier alpha value is -0.880. The molecule has 3 heteroatoms. The van der Waals surface area contributed by atoms with Gasteiger partial charge in [-0.3, -0.25) is 0 Å². The first-order valence-electron chi connectivity index (χ1n) is 6.27. The highest BCUT2D eigenvalue weighted by atomic mass is 32.1. The quantitative estimate of drug-likeness (QED) is 0.790. The van der Waals surface area contributed by atoms with E-state index in [1.165, 1.54) is 17.7 Å². The van der Waals surface area contributed by atoms with Gasteiger partial charge in [-0.2, -0.15) is 5.26 Å². The molecule has 2 nitrogen and oxygen atoms in total. The largest absolute Gasteiger partial charge is 0.250 e. The van der Waals surface area contributed by atoms with Crippen LogP contribution in [0.15, 0.2) is 6.20 Å². The summed E-state index contributed by atoms with van der Waals surface area (Å²) >= 11 is 1.73. The normalized spacial score (nSPS) is 22.0. The molecular weight excluding hydrogens is 228 g/mol. The first kappa shape index (κ1) is 12.6. The molecule has 0 saturated heterocycles. The van der Waals surface area contributed by atoms with E-state index in [2.05, 4.69) is 24.9 Å². The number of hydrogen-bond donors (Lipinski definition) is 0. The summed E-state index contributed by atoms with van der Waals surface area (Å²) in [4.78, 5) is 5.55. The van der Waals surface area contributed by atoms with Crippen LogP contribution < -0.4 is 0 Å². The molecule has 92 valence electrons. The molecule has 1 heterocycles. The number of rotatable bonds is 2. The first-order chi connectivity index (χ1) is 7.95. The highest BCUT2D eigenvalue weighted by Gasteiger charge is 2.38.